The van der Waals surface area contributed by atoms with Crippen molar-refractivity contribution >= 4 is 12.0 Å². The van der Waals surface area contributed by atoms with Crippen molar-refractivity contribution in [3.05, 3.63) is 53.1 Å². The van der Waals surface area contributed by atoms with Crippen LogP contribution in [0.1, 0.15) is 30.5 Å². The van der Waals surface area contributed by atoms with Crippen LogP contribution in [0.5, 0.6) is 0 Å². The number of ether oxygens (including phenoxy) is 1. The molecule has 1 saturated carbocycles. The number of hydrogen-bond donors (Lipinski definition) is 1. The van der Waals surface area contributed by atoms with Crippen LogP contribution in [-0.4, -0.2) is 35.9 Å². The molecule has 6 heteroatoms. The van der Waals surface area contributed by atoms with Gasteiger partial charge in [0.1, 0.15) is 5.82 Å². The zero-order valence-corrected chi connectivity index (χ0v) is 15.0. The lowest BCUT2D eigenvalue weighted by atomic mass is 9.63. The molecule has 0 aliphatic heterocycles. The highest BCUT2D eigenvalue weighted by molar-refractivity contribution is 5.85. The second kappa shape index (κ2) is 6.36. The number of benzene rings is 1. The molecule has 1 aromatic heterocycles. The number of esters is 1. The van der Waals surface area contributed by atoms with Crippen LogP contribution >= 0.6 is 0 Å². The van der Waals surface area contributed by atoms with Crippen molar-refractivity contribution in [3.8, 4) is 5.69 Å². The third-order valence-electron chi connectivity index (χ3n) is 5.72. The summed E-state index contributed by atoms with van der Waals surface area (Å²) in [5.74, 6) is -0.452. The molecule has 2 atom stereocenters. The molecule has 2 aromatic rings. The molecule has 1 N–H and O–H groups in total. The van der Waals surface area contributed by atoms with E-state index >= 15 is 0 Å². The summed E-state index contributed by atoms with van der Waals surface area (Å²) in [6.07, 6.45) is 7.02. The molecule has 136 valence electrons. The van der Waals surface area contributed by atoms with E-state index in [-0.39, 0.29) is 11.8 Å². The number of nitrogens with zero attached hydrogens (tertiary/aromatic N) is 2. The molecule has 1 fully saturated rings. The molecule has 1 aromatic carbocycles. The van der Waals surface area contributed by atoms with Crippen LogP contribution in [0.3, 0.4) is 0 Å². The summed E-state index contributed by atoms with van der Waals surface area (Å²) in [6, 6.07) is 6.56. The predicted molar refractivity (Wildman–Crippen MR) is 96.4 cm³/mol. The van der Waals surface area contributed by atoms with Gasteiger partial charge in [0, 0.05) is 6.04 Å². The third-order valence-corrected chi connectivity index (χ3v) is 5.72. The molecule has 2 aliphatic rings. The van der Waals surface area contributed by atoms with Gasteiger partial charge >= 0.3 is 5.97 Å². The van der Waals surface area contributed by atoms with E-state index in [2.05, 4.69) is 16.5 Å². The first-order valence-corrected chi connectivity index (χ1v) is 8.87. The molecular weight excluding hydrogens is 333 g/mol. The summed E-state index contributed by atoms with van der Waals surface area (Å²) in [5, 5.41) is 7.80. The maximum atomic E-state index is 13.2. The fourth-order valence-corrected chi connectivity index (χ4v) is 4.31. The van der Waals surface area contributed by atoms with Gasteiger partial charge in [-0.05, 0) is 68.6 Å². The number of carbonyl (C=O) groups is 1. The fourth-order valence-electron chi connectivity index (χ4n) is 4.31. The topological polar surface area (TPSA) is 56.2 Å². The first kappa shape index (κ1) is 17.0. The minimum absolute atomic E-state index is 0.177. The lowest BCUT2D eigenvalue weighted by Gasteiger charge is -2.42. The second-order valence-corrected chi connectivity index (χ2v) is 7.09. The minimum atomic E-state index is -0.621. The van der Waals surface area contributed by atoms with E-state index < -0.39 is 5.41 Å². The van der Waals surface area contributed by atoms with Crippen LogP contribution in [0.15, 0.2) is 36.0 Å². The molecule has 0 amide bonds. The molecule has 26 heavy (non-hydrogen) atoms. The Kier molecular flexibility index (Phi) is 4.15. The van der Waals surface area contributed by atoms with Gasteiger partial charge in [0.05, 0.1) is 30.1 Å². The van der Waals surface area contributed by atoms with Gasteiger partial charge in [-0.1, -0.05) is 5.57 Å². The van der Waals surface area contributed by atoms with E-state index in [1.807, 2.05) is 11.7 Å². The van der Waals surface area contributed by atoms with E-state index in [9.17, 15) is 9.18 Å². The van der Waals surface area contributed by atoms with Gasteiger partial charge in [0.2, 0.25) is 0 Å². The summed E-state index contributed by atoms with van der Waals surface area (Å²) < 4.78 is 20.2. The molecular formula is C20H22FN3O2. The SMILES string of the molecule is CN[C@H]1CCC2=Cc3c(cnn3-c3ccc(F)cc3)C[C@]2(C(=O)OC)C1. The Balaban J connectivity index is 1.79. The van der Waals surface area contributed by atoms with Gasteiger partial charge in [-0.25, -0.2) is 9.07 Å². The van der Waals surface area contributed by atoms with E-state index in [0.717, 1.165) is 41.8 Å². The quantitative estimate of drug-likeness (QED) is 0.860. The largest absolute Gasteiger partial charge is 0.468 e. The number of hydrogen-bond acceptors (Lipinski definition) is 4. The first-order chi connectivity index (χ1) is 12.6. The summed E-state index contributed by atoms with van der Waals surface area (Å²) in [4.78, 5) is 12.7. The standard InChI is InChI=1S/C20H22FN3O2/c1-22-16-6-3-14-9-18-13(10-20(14,11-16)19(25)26-2)12-23-24(18)17-7-4-15(21)5-8-17/h4-5,7-9,12,16,22H,3,6,10-11H2,1-2H3/t16-,20-/m0/s1. The molecule has 0 unspecified atom stereocenters. The van der Waals surface area contributed by atoms with Crippen LogP contribution in [0, 0.1) is 11.2 Å². The zero-order chi connectivity index (χ0) is 18.3. The average Bonchev–Trinajstić information content (AvgIpc) is 3.07. The van der Waals surface area contributed by atoms with Gasteiger partial charge < -0.3 is 10.1 Å². The van der Waals surface area contributed by atoms with Crippen LogP contribution in [0.2, 0.25) is 0 Å². The minimum Gasteiger partial charge on any atom is -0.468 e. The summed E-state index contributed by atoms with van der Waals surface area (Å²) in [5.41, 5.74) is 3.27. The van der Waals surface area contributed by atoms with Crippen LogP contribution in [0.25, 0.3) is 11.8 Å². The van der Waals surface area contributed by atoms with Crippen molar-refractivity contribution in [1.29, 1.82) is 0 Å². The summed E-state index contributed by atoms with van der Waals surface area (Å²) >= 11 is 0. The lowest BCUT2D eigenvalue weighted by Crippen LogP contribution is -2.47. The van der Waals surface area contributed by atoms with Crippen molar-refractivity contribution in [1.82, 2.24) is 15.1 Å². The summed E-state index contributed by atoms with van der Waals surface area (Å²) in [6.45, 7) is 0. The lowest BCUT2D eigenvalue weighted by molar-refractivity contribution is -0.152. The Hall–Kier alpha value is -2.47. The Labute approximate surface area is 151 Å². The van der Waals surface area contributed by atoms with E-state index in [1.165, 1.54) is 19.2 Å². The van der Waals surface area contributed by atoms with Gasteiger partial charge in [0.15, 0.2) is 0 Å². The second-order valence-electron chi connectivity index (χ2n) is 7.09. The molecule has 0 bridgehead atoms. The van der Waals surface area contributed by atoms with Crippen LogP contribution in [-0.2, 0) is 16.0 Å². The highest BCUT2D eigenvalue weighted by Gasteiger charge is 2.49. The molecule has 0 radical (unpaired) electrons. The van der Waals surface area contributed by atoms with Gasteiger partial charge in [0.25, 0.3) is 0 Å². The normalized spacial score (nSPS) is 24.4. The molecule has 1 heterocycles. The first-order valence-electron chi connectivity index (χ1n) is 8.87. The Morgan fingerprint density at radius 1 is 1.38 bits per heavy atom. The van der Waals surface area contributed by atoms with Gasteiger partial charge in [-0.2, -0.15) is 5.10 Å². The fraction of sp³-hybridized carbons (Fsp3) is 0.400. The van der Waals surface area contributed by atoms with Gasteiger partial charge in [-0.3, -0.25) is 4.79 Å². The highest BCUT2D eigenvalue weighted by atomic mass is 19.1. The van der Waals surface area contributed by atoms with Crippen molar-refractivity contribution in [2.45, 2.75) is 31.7 Å². The number of halogens is 1. The molecule has 0 spiro atoms. The van der Waals surface area contributed by atoms with E-state index in [4.69, 9.17) is 4.74 Å². The molecule has 5 nitrogen and oxygen atoms in total. The molecule has 2 aliphatic carbocycles. The van der Waals surface area contributed by atoms with Crippen molar-refractivity contribution in [3.63, 3.8) is 0 Å². The number of aromatic nitrogens is 2. The van der Waals surface area contributed by atoms with Crippen LogP contribution in [0.4, 0.5) is 4.39 Å². The number of methoxy groups -OCH3 is 1. The monoisotopic (exact) mass is 355 g/mol. The van der Waals surface area contributed by atoms with Crippen molar-refractivity contribution < 1.29 is 13.9 Å². The summed E-state index contributed by atoms with van der Waals surface area (Å²) in [7, 11) is 3.39. The Morgan fingerprint density at radius 3 is 2.85 bits per heavy atom. The van der Waals surface area contributed by atoms with Crippen LogP contribution < -0.4 is 5.32 Å². The van der Waals surface area contributed by atoms with Crippen molar-refractivity contribution in [2.75, 3.05) is 14.2 Å². The Morgan fingerprint density at radius 2 is 2.15 bits per heavy atom. The molecule has 0 saturated heterocycles. The van der Waals surface area contributed by atoms with Crippen molar-refractivity contribution in [2.24, 2.45) is 5.41 Å². The maximum absolute atomic E-state index is 13.2. The molecule has 4 rings (SSSR count). The number of rotatable bonds is 3. The predicted octanol–water partition coefficient (Wildman–Crippen LogP) is 2.88. The Bertz CT molecular complexity index is 872. The van der Waals surface area contributed by atoms with E-state index in [1.54, 1.807) is 18.3 Å². The maximum Gasteiger partial charge on any atom is 0.316 e. The van der Waals surface area contributed by atoms with E-state index in [0.29, 0.717) is 12.5 Å². The average molecular weight is 355 g/mol. The number of nitrogens with one attached hydrogen (secondary N) is 1. The highest BCUT2D eigenvalue weighted by Crippen LogP contribution is 2.48. The zero-order valence-electron chi connectivity index (χ0n) is 15.0. The third kappa shape index (κ3) is 2.56. The number of fused-ring (bicyclic) bond motifs is 2. The van der Waals surface area contributed by atoms with Gasteiger partial charge in [-0.15, -0.1) is 0 Å². The smallest absolute Gasteiger partial charge is 0.316 e. The number of carbonyl (C=O) groups excluding carboxylic acids is 1.